The highest BCUT2D eigenvalue weighted by Crippen LogP contribution is 2.27. The van der Waals surface area contributed by atoms with Crippen LogP contribution < -0.4 is 10.6 Å². The number of carbonyl (C=O) groups is 1. The minimum atomic E-state index is 0. The maximum absolute atomic E-state index is 11.4. The molecule has 3 nitrogen and oxygen atoms in total. The Morgan fingerprint density at radius 2 is 1.76 bits per heavy atom. The van der Waals surface area contributed by atoms with E-state index in [0.29, 0.717) is 6.54 Å². The third-order valence-electron chi connectivity index (χ3n) is 3.76. The maximum Gasteiger partial charge on any atom is 0.233 e. The highest BCUT2D eigenvalue weighted by atomic mass is 35.5. The second-order valence-corrected chi connectivity index (χ2v) is 5.36. The normalized spacial score (nSPS) is 20.0. The Morgan fingerprint density at radius 3 is 2.41 bits per heavy atom. The van der Waals surface area contributed by atoms with Gasteiger partial charge in [-0.15, -0.1) is 12.4 Å². The summed E-state index contributed by atoms with van der Waals surface area (Å²) in [4.78, 5) is 11.4. The number of hydrogen-bond donors (Lipinski definition) is 2. The van der Waals surface area contributed by atoms with E-state index in [1.807, 2.05) is 0 Å². The molecule has 0 aromatic rings. The molecular formula is C13H25ClN2O. The predicted octanol–water partition coefficient (Wildman–Crippen LogP) is 2.10. The number of hydrogen-bond acceptors (Lipinski definition) is 2. The Labute approximate surface area is 111 Å². The fraction of sp³-hybridized carbons (Fsp3) is 0.923. The fourth-order valence-electron chi connectivity index (χ4n) is 2.49. The number of carbonyl (C=O) groups excluding carboxylic acids is 1. The van der Waals surface area contributed by atoms with Crippen LogP contribution >= 0.6 is 12.4 Å². The van der Waals surface area contributed by atoms with Crippen LogP contribution in [0.1, 0.15) is 44.9 Å². The Morgan fingerprint density at radius 1 is 1.06 bits per heavy atom. The van der Waals surface area contributed by atoms with Crippen molar-refractivity contribution in [3.63, 3.8) is 0 Å². The average Bonchev–Trinajstić information content (AvgIpc) is 2.94. The summed E-state index contributed by atoms with van der Waals surface area (Å²) in [6.45, 7) is 2.39. The van der Waals surface area contributed by atoms with Crippen molar-refractivity contribution in [2.45, 2.75) is 44.9 Å². The minimum Gasteiger partial charge on any atom is -0.355 e. The molecule has 2 fully saturated rings. The molecule has 2 rings (SSSR count). The SMILES string of the molecule is Cl.O=C(CNCC1CC1)NCCC1CCCC1. The van der Waals surface area contributed by atoms with Gasteiger partial charge in [0.1, 0.15) is 0 Å². The Hall–Kier alpha value is -0.280. The van der Waals surface area contributed by atoms with Gasteiger partial charge in [-0.3, -0.25) is 4.79 Å². The molecule has 0 saturated heterocycles. The first-order valence-corrected chi connectivity index (χ1v) is 6.82. The van der Waals surface area contributed by atoms with Crippen molar-refractivity contribution in [3.8, 4) is 0 Å². The second-order valence-electron chi connectivity index (χ2n) is 5.36. The summed E-state index contributed by atoms with van der Waals surface area (Å²) in [7, 11) is 0. The molecule has 1 amide bonds. The first-order valence-electron chi connectivity index (χ1n) is 6.82. The van der Waals surface area contributed by atoms with Crippen molar-refractivity contribution < 1.29 is 4.79 Å². The Kier molecular flexibility index (Phi) is 6.90. The number of halogens is 1. The van der Waals surface area contributed by atoms with Crippen LogP contribution in [0.5, 0.6) is 0 Å². The zero-order valence-electron chi connectivity index (χ0n) is 10.5. The number of amides is 1. The molecule has 0 unspecified atom stereocenters. The van der Waals surface area contributed by atoms with E-state index in [0.717, 1.165) is 24.9 Å². The standard InChI is InChI=1S/C13H24N2O.ClH/c16-13(10-14-9-12-5-6-12)15-8-7-11-3-1-2-4-11;/h11-12,14H,1-10H2,(H,15,16);1H. The molecule has 17 heavy (non-hydrogen) atoms. The molecule has 2 aliphatic carbocycles. The molecule has 0 radical (unpaired) electrons. The lowest BCUT2D eigenvalue weighted by atomic mass is 10.0. The molecule has 2 N–H and O–H groups in total. The highest BCUT2D eigenvalue weighted by molar-refractivity contribution is 5.85. The summed E-state index contributed by atoms with van der Waals surface area (Å²) in [5, 5.41) is 6.22. The quantitative estimate of drug-likeness (QED) is 0.736. The molecule has 4 heteroatoms. The molecule has 2 saturated carbocycles. The van der Waals surface area contributed by atoms with Crippen molar-refractivity contribution in [1.29, 1.82) is 0 Å². The largest absolute Gasteiger partial charge is 0.355 e. The van der Waals surface area contributed by atoms with Gasteiger partial charge in [0.05, 0.1) is 6.54 Å². The molecule has 0 spiro atoms. The van der Waals surface area contributed by atoms with Crippen LogP contribution in [-0.2, 0) is 4.79 Å². The van der Waals surface area contributed by atoms with Crippen molar-refractivity contribution in [1.82, 2.24) is 10.6 Å². The number of rotatable bonds is 7. The van der Waals surface area contributed by atoms with E-state index in [1.165, 1.54) is 44.9 Å². The molecule has 100 valence electrons. The lowest BCUT2D eigenvalue weighted by molar-refractivity contribution is -0.120. The van der Waals surface area contributed by atoms with Gasteiger partial charge in [-0.05, 0) is 37.6 Å². The van der Waals surface area contributed by atoms with Gasteiger partial charge >= 0.3 is 0 Å². The van der Waals surface area contributed by atoms with Crippen molar-refractivity contribution in [2.75, 3.05) is 19.6 Å². The summed E-state index contributed by atoms with van der Waals surface area (Å²) < 4.78 is 0. The van der Waals surface area contributed by atoms with Crippen LogP contribution in [0.3, 0.4) is 0 Å². The molecule has 0 heterocycles. The third kappa shape index (κ3) is 6.27. The van der Waals surface area contributed by atoms with Crippen molar-refractivity contribution in [2.24, 2.45) is 11.8 Å². The van der Waals surface area contributed by atoms with Gasteiger partial charge in [0, 0.05) is 6.54 Å². The lowest BCUT2D eigenvalue weighted by Gasteiger charge is -2.10. The van der Waals surface area contributed by atoms with E-state index in [-0.39, 0.29) is 18.3 Å². The van der Waals surface area contributed by atoms with Crippen LogP contribution in [-0.4, -0.2) is 25.5 Å². The zero-order valence-corrected chi connectivity index (χ0v) is 11.4. The van der Waals surface area contributed by atoms with Gasteiger partial charge in [-0.2, -0.15) is 0 Å². The van der Waals surface area contributed by atoms with Gasteiger partial charge in [-0.1, -0.05) is 25.7 Å². The van der Waals surface area contributed by atoms with Gasteiger partial charge < -0.3 is 10.6 Å². The summed E-state index contributed by atoms with van der Waals surface area (Å²) >= 11 is 0. The summed E-state index contributed by atoms with van der Waals surface area (Å²) in [6, 6.07) is 0. The zero-order chi connectivity index (χ0) is 11.2. The van der Waals surface area contributed by atoms with Crippen LogP contribution in [0, 0.1) is 11.8 Å². The van der Waals surface area contributed by atoms with Crippen LogP contribution in [0.25, 0.3) is 0 Å². The predicted molar refractivity (Wildman–Crippen MR) is 72.4 cm³/mol. The van der Waals surface area contributed by atoms with Gasteiger partial charge in [0.15, 0.2) is 0 Å². The van der Waals surface area contributed by atoms with E-state index < -0.39 is 0 Å². The van der Waals surface area contributed by atoms with Gasteiger partial charge in [-0.25, -0.2) is 0 Å². The monoisotopic (exact) mass is 260 g/mol. The first-order chi connectivity index (χ1) is 7.84. The topological polar surface area (TPSA) is 41.1 Å². The maximum atomic E-state index is 11.4. The average molecular weight is 261 g/mol. The van der Waals surface area contributed by atoms with Crippen LogP contribution in [0.15, 0.2) is 0 Å². The molecule has 2 aliphatic rings. The molecule has 0 aromatic carbocycles. The number of nitrogens with one attached hydrogen (secondary N) is 2. The fourth-order valence-corrected chi connectivity index (χ4v) is 2.49. The summed E-state index contributed by atoms with van der Waals surface area (Å²) in [6.07, 6.45) is 9.38. The molecule has 0 aliphatic heterocycles. The van der Waals surface area contributed by atoms with Crippen molar-refractivity contribution >= 4 is 18.3 Å². The van der Waals surface area contributed by atoms with Gasteiger partial charge in [0.25, 0.3) is 0 Å². The third-order valence-corrected chi connectivity index (χ3v) is 3.76. The molecule has 0 bridgehead atoms. The second kappa shape index (κ2) is 7.93. The molecule has 0 aromatic heterocycles. The van der Waals surface area contributed by atoms with E-state index in [2.05, 4.69) is 10.6 Å². The van der Waals surface area contributed by atoms with E-state index in [9.17, 15) is 4.79 Å². The van der Waals surface area contributed by atoms with E-state index in [1.54, 1.807) is 0 Å². The Balaban J connectivity index is 0.00000144. The van der Waals surface area contributed by atoms with E-state index >= 15 is 0 Å². The lowest BCUT2D eigenvalue weighted by Crippen LogP contribution is -2.35. The Bertz CT molecular complexity index is 225. The summed E-state index contributed by atoms with van der Waals surface area (Å²) in [5.41, 5.74) is 0. The van der Waals surface area contributed by atoms with Crippen LogP contribution in [0.2, 0.25) is 0 Å². The van der Waals surface area contributed by atoms with Crippen LogP contribution in [0.4, 0.5) is 0 Å². The van der Waals surface area contributed by atoms with Gasteiger partial charge in [0.2, 0.25) is 5.91 Å². The molecule has 0 atom stereocenters. The minimum absolute atomic E-state index is 0. The smallest absolute Gasteiger partial charge is 0.233 e. The highest BCUT2D eigenvalue weighted by Gasteiger charge is 2.20. The van der Waals surface area contributed by atoms with Crippen molar-refractivity contribution in [3.05, 3.63) is 0 Å². The first kappa shape index (κ1) is 14.8. The summed E-state index contributed by atoms with van der Waals surface area (Å²) in [5.74, 6) is 1.89. The van der Waals surface area contributed by atoms with E-state index in [4.69, 9.17) is 0 Å². The molecular weight excluding hydrogens is 236 g/mol.